The predicted octanol–water partition coefficient (Wildman–Crippen LogP) is 1.80. The van der Waals surface area contributed by atoms with Gasteiger partial charge in [0.1, 0.15) is 0 Å². The fourth-order valence-corrected chi connectivity index (χ4v) is 4.05. The van der Waals surface area contributed by atoms with Gasteiger partial charge in [-0.3, -0.25) is 9.69 Å². The second kappa shape index (κ2) is 6.00. The zero-order chi connectivity index (χ0) is 15.8. The lowest BCUT2D eigenvalue weighted by Crippen LogP contribution is -2.69. The van der Waals surface area contributed by atoms with Gasteiger partial charge in [-0.05, 0) is 51.6 Å². The van der Waals surface area contributed by atoms with Gasteiger partial charge in [0.2, 0.25) is 5.91 Å². The lowest BCUT2D eigenvalue weighted by Gasteiger charge is -2.52. The van der Waals surface area contributed by atoms with Gasteiger partial charge >= 0.3 is 6.18 Å². The van der Waals surface area contributed by atoms with E-state index in [0.717, 1.165) is 38.5 Å². The van der Waals surface area contributed by atoms with E-state index in [9.17, 15) is 18.0 Å². The van der Waals surface area contributed by atoms with Gasteiger partial charge in [0.15, 0.2) is 0 Å². The maximum absolute atomic E-state index is 12.4. The lowest BCUT2D eigenvalue weighted by atomic mass is 9.68. The molecule has 22 heavy (non-hydrogen) atoms. The van der Waals surface area contributed by atoms with Gasteiger partial charge in [-0.25, -0.2) is 0 Å². The Bertz CT molecular complexity index is 415. The average Bonchev–Trinajstić information content (AvgIpc) is 2.39. The van der Waals surface area contributed by atoms with Crippen molar-refractivity contribution in [3.63, 3.8) is 0 Å². The number of nitrogens with one attached hydrogen (secondary N) is 2. The van der Waals surface area contributed by atoms with Crippen molar-refractivity contribution in [2.75, 3.05) is 19.6 Å². The Morgan fingerprint density at radius 3 is 2.45 bits per heavy atom. The molecule has 0 aromatic heterocycles. The molecule has 7 heteroatoms. The number of alkyl halides is 3. The highest BCUT2D eigenvalue weighted by molar-refractivity contribution is 5.78. The van der Waals surface area contributed by atoms with Gasteiger partial charge in [-0.15, -0.1) is 0 Å². The molecular formula is C15H24F3N3O. The molecule has 3 aliphatic rings. The van der Waals surface area contributed by atoms with E-state index in [-0.39, 0.29) is 23.5 Å². The molecule has 1 spiro atoms. The van der Waals surface area contributed by atoms with Crippen molar-refractivity contribution in [2.24, 2.45) is 0 Å². The van der Waals surface area contributed by atoms with Gasteiger partial charge in [0.25, 0.3) is 0 Å². The highest BCUT2D eigenvalue weighted by Gasteiger charge is 2.48. The van der Waals surface area contributed by atoms with E-state index >= 15 is 0 Å². The standard InChI is InChI=1S/C15H24F3N3O/c16-15(17,18)10-21-8-4-11(5-9-21)19-12-2-3-13(22)20-14(12)6-1-7-14/h11-12,19H,1-10H2,(H,20,22). The molecule has 126 valence electrons. The number of nitrogens with zero attached hydrogens (tertiary/aromatic N) is 1. The molecule has 3 fully saturated rings. The minimum Gasteiger partial charge on any atom is -0.349 e. The molecule has 1 unspecified atom stereocenters. The fourth-order valence-electron chi connectivity index (χ4n) is 4.05. The maximum Gasteiger partial charge on any atom is 0.401 e. The number of hydrogen-bond acceptors (Lipinski definition) is 3. The van der Waals surface area contributed by atoms with Crippen molar-refractivity contribution in [3.05, 3.63) is 0 Å². The Morgan fingerprint density at radius 2 is 1.91 bits per heavy atom. The van der Waals surface area contributed by atoms with E-state index in [1.807, 2.05) is 0 Å². The monoisotopic (exact) mass is 319 g/mol. The quantitative estimate of drug-likeness (QED) is 0.834. The molecule has 1 saturated carbocycles. The molecule has 2 saturated heterocycles. The molecule has 0 radical (unpaired) electrons. The summed E-state index contributed by atoms with van der Waals surface area (Å²) in [4.78, 5) is 13.1. The molecule has 1 atom stereocenters. The number of likely N-dealkylation sites (tertiary alicyclic amines) is 1. The second-order valence-electron chi connectivity index (χ2n) is 6.98. The van der Waals surface area contributed by atoms with Crippen LogP contribution in [0, 0.1) is 0 Å². The van der Waals surface area contributed by atoms with E-state index < -0.39 is 12.7 Å². The summed E-state index contributed by atoms with van der Waals surface area (Å²) in [6.07, 6.45) is 1.95. The van der Waals surface area contributed by atoms with Crippen molar-refractivity contribution in [1.82, 2.24) is 15.5 Å². The van der Waals surface area contributed by atoms with E-state index in [0.29, 0.717) is 19.5 Å². The third kappa shape index (κ3) is 3.56. The number of hydrogen-bond donors (Lipinski definition) is 2. The summed E-state index contributed by atoms with van der Waals surface area (Å²) < 4.78 is 37.2. The first-order chi connectivity index (χ1) is 10.4. The second-order valence-corrected chi connectivity index (χ2v) is 6.98. The number of halogens is 3. The van der Waals surface area contributed by atoms with Crippen LogP contribution in [0.2, 0.25) is 0 Å². The first-order valence-corrected chi connectivity index (χ1v) is 8.22. The summed E-state index contributed by atoms with van der Waals surface area (Å²) in [5.74, 6) is 0.137. The van der Waals surface area contributed by atoms with E-state index in [4.69, 9.17) is 0 Å². The van der Waals surface area contributed by atoms with Crippen molar-refractivity contribution < 1.29 is 18.0 Å². The van der Waals surface area contributed by atoms with Crippen LogP contribution in [-0.2, 0) is 4.79 Å². The highest BCUT2D eigenvalue weighted by Crippen LogP contribution is 2.39. The zero-order valence-electron chi connectivity index (χ0n) is 12.7. The zero-order valence-corrected chi connectivity index (χ0v) is 12.7. The lowest BCUT2D eigenvalue weighted by molar-refractivity contribution is -0.148. The van der Waals surface area contributed by atoms with Crippen LogP contribution in [0.15, 0.2) is 0 Å². The Kier molecular flexibility index (Phi) is 4.38. The normalized spacial score (nSPS) is 30.1. The minimum absolute atomic E-state index is 0.0849. The van der Waals surface area contributed by atoms with Crippen LogP contribution >= 0.6 is 0 Å². The van der Waals surface area contributed by atoms with Crippen LogP contribution in [0.5, 0.6) is 0 Å². The minimum atomic E-state index is -4.11. The predicted molar refractivity (Wildman–Crippen MR) is 76.4 cm³/mol. The molecule has 0 bridgehead atoms. The molecule has 2 N–H and O–H groups in total. The van der Waals surface area contributed by atoms with E-state index in [2.05, 4.69) is 10.6 Å². The van der Waals surface area contributed by atoms with Gasteiger partial charge in [-0.1, -0.05) is 0 Å². The summed E-state index contributed by atoms with van der Waals surface area (Å²) in [6.45, 7) is 0.176. The Labute approximate surface area is 128 Å². The molecule has 1 aliphatic carbocycles. The van der Waals surface area contributed by atoms with Crippen molar-refractivity contribution in [3.8, 4) is 0 Å². The fraction of sp³-hybridized carbons (Fsp3) is 0.933. The largest absolute Gasteiger partial charge is 0.401 e. The van der Waals surface area contributed by atoms with Crippen molar-refractivity contribution in [1.29, 1.82) is 0 Å². The molecule has 0 aromatic rings. The van der Waals surface area contributed by atoms with Crippen LogP contribution < -0.4 is 10.6 Å². The van der Waals surface area contributed by atoms with E-state index in [1.165, 1.54) is 4.90 Å². The highest BCUT2D eigenvalue weighted by atomic mass is 19.4. The number of rotatable bonds is 3. The number of amides is 1. The third-order valence-electron chi connectivity index (χ3n) is 5.39. The van der Waals surface area contributed by atoms with Gasteiger partial charge in [-0.2, -0.15) is 13.2 Å². The average molecular weight is 319 g/mol. The summed E-state index contributed by atoms with van der Waals surface area (Å²) in [6, 6.07) is 0.542. The van der Waals surface area contributed by atoms with Crippen LogP contribution in [-0.4, -0.2) is 54.2 Å². The molecule has 2 aliphatic heterocycles. The van der Waals surface area contributed by atoms with Crippen LogP contribution in [0.4, 0.5) is 13.2 Å². The first kappa shape index (κ1) is 16.1. The van der Waals surface area contributed by atoms with Gasteiger partial charge in [0, 0.05) is 18.5 Å². The van der Waals surface area contributed by atoms with Crippen molar-refractivity contribution >= 4 is 5.91 Å². The Morgan fingerprint density at radius 1 is 1.23 bits per heavy atom. The van der Waals surface area contributed by atoms with Crippen LogP contribution in [0.3, 0.4) is 0 Å². The number of piperidine rings is 2. The maximum atomic E-state index is 12.4. The SMILES string of the molecule is O=C1CCC(NC2CCN(CC(F)(F)F)CC2)C2(CCC2)N1. The first-order valence-electron chi connectivity index (χ1n) is 8.22. The summed E-state index contributed by atoms with van der Waals surface area (Å²) in [5, 5.41) is 6.78. The van der Waals surface area contributed by atoms with Crippen LogP contribution in [0.1, 0.15) is 44.9 Å². The molecule has 0 aromatic carbocycles. The molecule has 2 heterocycles. The summed E-state index contributed by atoms with van der Waals surface area (Å²) in [5.41, 5.74) is -0.0849. The topological polar surface area (TPSA) is 44.4 Å². The molecule has 4 nitrogen and oxygen atoms in total. The van der Waals surface area contributed by atoms with E-state index in [1.54, 1.807) is 0 Å². The summed E-state index contributed by atoms with van der Waals surface area (Å²) in [7, 11) is 0. The Hall–Kier alpha value is -0.820. The third-order valence-corrected chi connectivity index (χ3v) is 5.39. The molecular weight excluding hydrogens is 295 g/mol. The van der Waals surface area contributed by atoms with Gasteiger partial charge < -0.3 is 10.6 Å². The number of carbonyl (C=O) groups excluding carboxylic acids is 1. The smallest absolute Gasteiger partial charge is 0.349 e. The number of carbonyl (C=O) groups is 1. The Balaban J connectivity index is 1.49. The van der Waals surface area contributed by atoms with Crippen molar-refractivity contribution in [2.45, 2.75) is 68.7 Å². The molecule has 1 amide bonds. The van der Waals surface area contributed by atoms with Crippen LogP contribution in [0.25, 0.3) is 0 Å². The van der Waals surface area contributed by atoms with Gasteiger partial charge in [0.05, 0.1) is 12.1 Å². The molecule has 3 rings (SSSR count). The summed E-state index contributed by atoms with van der Waals surface area (Å²) >= 11 is 0.